The fraction of sp³-hybridized carbons (Fsp3) is 0.172. The van der Waals surface area contributed by atoms with Crippen LogP contribution in [-0.2, 0) is 15.0 Å². The van der Waals surface area contributed by atoms with Crippen LogP contribution in [0.5, 0.6) is 11.5 Å². The Morgan fingerprint density at radius 2 is 1.82 bits per heavy atom. The number of nitrogens with zero attached hydrogens (tertiary/aromatic N) is 1. The summed E-state index contributed by atoms with van der Waals surface area (Å²) in [5.74, 6) is -3.00. The van der Waals surface area contributed by atoms with Crippen molar-refractivity contribution in [3.8, 4) is 11.5 Å². The van der Waals surface area contributed by atoms with Gasteiger partial charge in [0.2, 0.25) is 0 Å². The smallest absolute Gasteiger partial charge is 0.260 e. The van der Waals surface area contributed by atoms with Crippen molar-refractivity contribution in [2.24, 2.45) is 5.92 Å². The number of imide groups is 1. The van der Waals surface area contributed by atoms with Crippen LogP contribution in [0.3, 0.4) is 0 Å². The van der Waals surface area contributed by atoms with Crippen LogP contribution in [0.4, 0.5) is 10.1 Å². The average Bonchev–Trinajstić information content (AvgIpc) is 3.13. The number of fused-ring (bicyclic) bond motifs is 1. The molecule has 0 spiro atoms. The van der Waals surface area contributed by atoms with Crippen molar-refractivity contribution in [3.05, 3.63) is 112 Å². The third-order valence-corrected chi connectivity index (χ3v) is 7.79. The molecule has 9 heteroatoms. The quantitative estimate of drug-likeness (QED) is 0.346. The molecule has 6 nitrogen and oxygen atoms in total. The van der Waals surface area contributed by atoms with Crippen LogP contribution in [0.15, 0.2) is 85.0 Å². The van der Waals surface area contributed by atoms with Gasteiger partial charge in [-0.2, -0.15) is 5.01 Å². The molecule has 0 radical (unpaired) electrons. The van der Waals surface area contributed by atoms with E-state index in [-0.39, 0.29) is 22.9 Å². The number of hydrazine groups is 1. The third-order valence-electron chi connectivity index (χ3n) is 7.25. The fourth-order valence-corrected chi connectivity index (χ4v) is 5.92. The lowest BCUT2D eigenvalue weighted by atomic mass is 9.56. The highest BCUT2D eigenvalue weighted by Gasteiger charge is 2.66. The number of allylic oxidation sites excluding steroid dienone is 3. The van der Waals surface area contributed by atoms with Crippen molar-refractivity contribution >= 4 is 40.7 Å². The van der Waals surface area contributed by atoms with Gasteiger partial charge in [0.1, 0.15) is 5.82 Å². The van der Waals surface area contributed by atoms with Crippen LogP contribution in [0.25, 0.3) is 0 Å². The monoisotopic (exact) mass is 552 g/mol. The molecular formula is C29H23Cl2FN2O4. The topological polar surface area (TPSA) is 78.9 Å². The molecule has 1 heterocycles. The summed E-state index contributed by atoms with van der Waals surface area (Å²) >= 11 is 12.6. The fourth-order valence-electron chi connectivity index (χ4n) is 5.58. The van der Waals surface area contributed by atoms with Gasteiger partial charge >= 0.3 is 0 Å². The minimum Gasteiger partial charge on any atom is -0.503 e. The lowest BCUT2D eigenvalue weighted by Gasteiger charge is -2.43. The second-order valence-electron chi connectivity index (χ2n) is 9.16. The molecule has 2 amide bonds. The zero-order valence-corrected chi connectivity index (χ0v) is 21.8. The number of carbonyl (C=O) groups is 2. The zero-order valence-electron chi connectivity index (χ0n) is 20.3. The molecule has 2 N–H and O–H groups in total. The largest absolute Gasteiger partial charge is 0.503 e. The number of methoxy groups -OCH3 is 1. The number of hydrogen-bond donors (Lipinski definition) is 2. The van der Waals surface area contributed by atoms with E-state index in [0.29, 0.717) is 27.4 Å². The number of carbonyl (C=O) groups excluding carboxylic acids is 2. The Labute approximate surface area is 228 Å². The number of anilines is 1. The first kappa shape index (κ1) is 25.8. The van der Waals surface area contributed by atoms with Gasteiger partial charge < -0.3 is 9.84 Å². The molecule has 3 unspecified atom stereocenters. The second-order valence-corrected chi connectivity index (χ2v) is 10.0. The summed E-state index contributed by atoms with van der Waals surface area (Å²) in [7, 11) is 1.40. The van der Waals surface area contributed by atoms with Gasteiger partial charge in [0.05, 0.1) is 29.2 Å². The van der Waals surface area contributed by atoms with Gasteiger partial charge in [0, 0.05) is 10.9 Å². The lowest BCUT2D eigenvalue weighted by molar-refractivity contribution is -0.138. The first-order chi connectivity index (χ1) is 18.2. The van der Waals surface area contributed by atoms with Crippen molar-refractivity contribution in [1.29, 1.82) is 0 Å². The Morgan fingerprint density at radius 1 is 1.13 bits per heavy atom. The van der Waals surface area contributed by atoms with Crippen molar-refractivity contribution in [2.75, 3.05) is 12.5 Å². The van der Waals surface area contributed by atoms with Gasteiger partial charge in [-0.3, -0.25) is 15.0 Å². The van der Waals surface area contributed by atoms with Gasteiger partial charge in [0.15, 0.2) is 11.5 Å². The maximum atomic E-state index is 14.5. The second kappa shape index (κ2) is 9.82. The molecule has 2 aliphatic rings. The molecule has 0 bridgehead atoms. The highest BCUT2D eigenvalue weighted by Crippen LogP contribution is 2.58. The molecule has 5 rings (SSSR count). The van der Waals surface area contributed by atoms with Gasteiger partial charge in [0.25, 0.3) is 11.8 Å². The Bertz CT molecular complexity index is 1470. The molecular weight excluding hydrogens is 530 g/mol. The number of amides is 2. The van der Waals surface area contributed by atoms with Crippen LogP contribution in [0.1, 0.15) is 23.5 Å². The van der Waals surface area contributed by atoms with E-state index >= 15 is 0 Å². The number of hydrogen-bond acceptors (Lipinski definition) is 5. The van der Waals surface area contributed by atoms with Crippen LogP contribution in [0.2, 0.25) is 10.0 Å². The molecule has 1 saturated heterocycles. The van der Waals surface area contributed by atoms with E-state index in [1.54, 1.807) is 42.5 Å². The van der Waals surface area contributed by atoms with Crippen LogP contribution >= 0.6 is 23.2 Å². The van der Waals surface area contributed by atoms with Crippen LogP contribution in [-0.4, -0.2) is 29.0 Å². The Balaban J connectivity index is 1.76. The van der Waals surface area contributed by atoms with E-state index in [1.807, 2.05) is 6.08 Å². The Morgan fingerprint density at radius 3 is 2.45 bits per heavy atom. The molecule has 194 valence electrons. The van der Waals surface area contributed by atoms with Gasteiger partial charge in [-0.1, -0.05) is 54.1 Å². The van der Waals surface area contributed by atoms with Crippen molar-refractivity contribution in [3.63, 3.8) is 0 Å². The van der Waals surface area contributed by atoms with Crippen LogP contribution in [0, 0.1) is 11.7 Å². The Kier molecular flexibility index (Phi) is 6.67. The van der Waals surface area contributed by atoms with E-state index in [9.17, 15) is 19.1 Å². The standard InChI is InChI=1S/C29H23Cl2FN2O4/c1-3-16-4-13-22-27(36)34(33-21-11-9-20(32)10-12-21)28(37)29(22,18-5-7-19(30)8-6-18)25(16)17-14-23(31)26(35)24(15-17)38-2/h3-12,14-15,22,25,33,35H,1,13H2,2H3. The number of phenolic OH excluding ortho intramolecular Hbond substituents is 1. The van der Waals surface area contributed by atoms with E-state index < -0.39 is 34.9 Å². The van der Waals surface area contributed by atoms with Crippen molar-refractivity contribution < 1.29 is 23.8 Å². The van der Waals surface area contributed by atoms with Gasteiger partial charge in [-0.05, 0) is 71.7 Å². The summed E-state index contributed by atoms with van der Waals surface area (Å²) in [6, 6.07) is 15.4. The van der Waals surface area contributed by atoms with Gasteiger partial charge in [-0.25, -0.2) is 4.39 Å². The summed E-state index contributed by atoms with van der Waals surface area (Å²) in [6.45, 7) is 3.97. The van der Waals surface area contributed by atoms with E-state index in [2.05, 4.69) is 12.0 Å². The number of nitrogens with one attached hydrogen (secondary N) is 1. The molecule has 3 atom stereocenters. The number of halogens is 3. The average molecular weight is 553 g/mol. The molecule has 0 saturated carbocycles. The first-order valence-corrected chi connectivity index (χ1v) is 12.5. The number of rotatable bonds is 6. The molecule has 0 aromatic heterocycles. The summed E-state index contributed by atoms with van der Waals surface area (Å²) in [5, 5.41) is 11.9. The third kappa shape index (κ3) is 3.94. The van der Waals surface area contributed by atoms with Crippen molar-refractivity contribution in [2.45, 2.75) is 17.8 Å². The summed E-state index contributed by atoms with van der Waals surface area (Å²) in [4.78, 5) is 28.4. The molecule has 1 aliphatic carbocycles. The minimum absolute atomic E-state index is 0.0363. The molecule has 38 heavy (non-hydrogen) atoms. The normalized spacial score (nSPS) is 22.6. The predicted molar refractivity (Wildman–Crippen MR) is 144 cm³/mol. The minimum atomic E-state index is -1.42. The zero-order chi connectivity index (χ0) is 27.2. The van der Waals surface area contributed by atoms with E-state index in [0.717, 1.165) is 5.01 Å². The van der Waals surface area contributed by atoms with Crippen molar-refractivity contribution in [1.82, 2.24) is 5.01 Å². The van der Waals surface area contributed by atoms with E-state index in [4.69, 9.17) is 27.9 Å². The number of ether oxygens (including phenoxy) is 1. The number of phenols is 1. The first-order valence-electron chi connectivity index (χ1n) is 11.8. The maximum absolute atomic E-state index is 14.5. The highest BCUT2D eigenvalue weighted by molar-refractivity contribution is 6.32. The van der Waals surface area contributed by atoms with Gasteiger partial charge in [-0.15, -0.1) is 0 Å². The molecule has 3 aromatic carbocycles. The Hall–Kier alpha value is -3.81. The van der Waals surface area contributed by atoms with Crippen LogP contribution < -0.4 is 10.2 Å². The summed E-state index contributed by atoms with van der Waals surface area (Å²) in [5.41, 5.74) is 3.68. The molecule has 1 aliphatic heterocycles. The maximum Gasteiger partial charge on any atom is 0.260 e. The number of benzene rings is 3. The predicted octanol–water partition coefficient (Wildman–Crippen LogP) is 6.40. The van der Waals surface area contributed by atoms with E-state index in [1.165, 1.54) is 31.4 Å². The number of aromatic hydroxyl groups is 1. The lowest BCUT2D eigenvalue weighted by Crippen LogP contribution is -2.48. The molecule has 3 aromatic rings. The SMILES string of the molecule is C=CC1=CCC2C(=O)N(Nc3ccc(F)cc3)C(=O)C2(c2ccc(Cl)cc2)C1c1cc(Cl)c(O)c(OC)c1. The molecule has 1 fully saturated rings. The highest BCUT2D eigenvalue weighted by atomic mass is 35.5. The summed E-state index contributed by atoms with van der Waals surface area (Å²) < 4.78 is 18.9. The summed E-state index contributed by atoms with van der Waals surface area (Å²) in [6.07, 6.45) is 3.81.